The van der Waals surface area contributed by atoms with Crippen LogP contribution in [0.4, 0.5) is 0 Å². The van der Waals surface area contributed by atoms with Crippen LogP contribution in [0, 0.1) is 0 Å². The lowest BCUT2D eigenvalue weighted by Crippen LogP contribution is -2.26. The molecule has 0 fully saturated rings. The molecule has 0 aromatic carbocycles. The summed E-state index contributed by atoms with van der Waals surface area (Å²) in [6, 6.07) is 3.32. The summed E-state index contributed by atoms with van der Waals surface area (Å²) >= 11 is 3.23. The summed E-state index contributed by atoms with van der Waals surface area (Å²) in [5.41, 5.74) is 0.739. The Morgan fingerprint density at radius 3 is 2.60 bits per heavy atom. The lowest BCUT2D eigenvalue weighted by atomic mass is 9.92. The molecule has 0 saturated heterocycles. The quantitative estimate of drug-likeness (QED) is 0.828. The zero-order valence-electron chi connectivity index (χ0n) is 9.25. The molecule has 0 unspecified atom stereocenters. The molecule has 1 aromatic rings. The molecule has 0 radical (unpaired) electrons. The van der Waals surface area contributed by atoms with Gasteiger partial charge in [0.25, 0.3) is 5.56 Å². The number of nitrogens with zero attached hydrogens (tertiary/aromatic N) is 2. The van der Waals surface area contributed by atoms with E-state index < -0.39 is 0 Å². The van der Waals surface area contributed by atoms with Crippen molar-refractivity contribution in [3.05, 3.63) is 39.2 Å². The summed E-state index contributed by atoms with van der Waals surface area (Å²) in [4.78, 5) is 11.5. The number of hydrogen-bond donors (Lipinski definition) is 0. The van der Waals surface area contributed by atoms with Crippen molar-refractivity contribution in [2.24, 2.45) is 0 Å². The van der Waals surface area contributed by atoms with Gasteiger partial charge in [-0.05, 0) is 6.07 Å². The molecule has 1 rings (SSSR count). The molecular weight excluding hydrogens is 256 g/mol. The highest BCUT2D eigenvalue weighted by Crippen LogP contribution is 2.18. The molecule has 1 aromatic heterocycles. The number of aromatic nitrogens is 2. The smallest absolute Gasteiger partial charge is 0.267 e. The van der Waals surface area contributed by atoms with Crippen LogP contribution < -0.4 is 5.56 Å². The van der Waals surface area contributed by atoms with Crippen LogP contribution in [0.25, 0.3) is 0 Å². The monoisotopic (exact) mass is 270 g/mol. The van der Waals surface area contributed by atoms with E-state index in [4.69, 9.17) is 0 Å². The number of rotatable bonds is 2. The van der Waals surface area contributed by atoms with E-state index in [0.29, 0.717) is 6.54 Å². The molecule has 0 N–H and O–H groups in total. The predicted molar refractivity (Wildman–Crippen MR) is 65.3 cm³/mol. The fraction of sp³-hybridized carbons (Fsp3) is 0.455. The summed E-state index contributed by atoms with van der Waals surface area (Å²) in [6.45, 7) is 10.3. The molecule has 0 aliphatic heterocycles. The van der Waals surface area contributed by atoms with Crippen molar-refractivity contribution in [3.8, 4) is 0 Å². The van der Waals surface area contributed by atoms with E-state index in [2.05, 4.69) is 48.4 Å². The van der Waals surface area contributed by atoms with Gasteiger partial charge in [0.1, 0.15) is 0 Å². The molecule has 0 atom stereocenters. The topological polar surface area (TPSA) is 34.9 Å². The van der Waals surface area contributed by atoms with Crippen LogP contribution in [-0.4, -0.2) is 9.78 Å². The van der Waals surface area contributed by atoms with Crippen LogP contribution >= 0.6 is 15.9 Å². The first-order valence-electron chi connectivity index (χ1n) is 4.72. The first-order chi connectivity index (χ1) is 6.80. The minimum Gasteiger partial charge on any atom is -0.268 e. The molecule has 0 aliphatic rings. The molecule has 0 amide bonds. The number of halogens is 1. The van der Waals surface area contributed by atoms with Crippen molar-refractivity contribution in [1.29, 1.82) is 0 Å². The van der Waals surface area contributed by atoms with Crippen molar-refractivity contribution in [2.75, 3.05) is 0 Å². The zero-order valence-corrected chi connectivity index (χ0v) is 10.8. The van der Waals surface area contributed by atoms with Gasteiger partial charge in [0.05, 0.1) is 12.2 Å². The van der Waals surface area contributed by atoms with E-state index in [9.17, 15) is 4.79 Å². The van der Waals surface area contributed by atoms with E-state index in [-0.39, 0.29) is 11.0 Å². The van der Waals surface area contributed by atoms with Gasteiger partial charge in [0.2, 0.25) is 0 Å². The van der Waals surface area contributed by atoms with Crippen LogP contribution in [0.5, 0.6) is 0 Å². The van der Waals surface area contributed by atoms with Gasteiger partial charge in [-0.25, -0.2) is 4.68 Å². The Morgan fingerprint density at radius 2 is 2.13 bits per heavy atom. The third-order valence-electron chi connectivity index (χ3n) is 1.96. The van der Waals surface area contributed by atoms with Crippen LogP contribution in [0.3, 0.4) is 0 Å². The lowest BCUT2D eigenvalue weighted by molar-refractivity contribution is 0.520. The summed E-state index contributed by atoms with van der Waals surface area (Å²) < 4.78 is 2.15. The summed E-state index contributed by atoms with van der Waals surface area (Å²) in [7, 11) is 0. The third kappa shape index (κ3) is 3.30. The van der Waals surface area contributed by atoms with Crippen LogP contribution in [-0.2, 0) is 12.0 Å². The van der Waals surface area contributed by atoms with Crippen molar-refractivity contribution in [2.45, 2.75) is 32.7 Å². The van der Waals surface area contributed by atoms with Gasteiger partial charge in [-0.15, -0.1) is 0 Å². The van der Waals surface area contributed by atoms with E-state index in [1.807, 2.05) is 0 Å². The first kappa shape index (κ1) is 12.2. The average Bonchev–Trinajstić information content (AvgIpc) is 2.06. The standard InChI is InChI=1S/C11H15BrN2O/c1-8(12)7-14-10(15)6-5-9(13-14)11(2,3)4/h5-6H,1,7H2,2-4H3. The van der Waals surface area contributed by atoms with Gasteiger partial charge in [0.15, 0.2) is 0 Å². The van der Waals surface area contributed by atoms with E-state index >= 15 is 0 Å². The maximum Gasteiger partial charge on any atom is 0.267 e. The Hall–Kier alpha value is -0.900. The maximum atomic E-state index is 11.5. The summed E-state index contributed by atoms with van der Waals surface area (Å²) in [6.07, 6.45) is 0. The normalized spacial score (nSPS) is 11.5. The minimum atomic E-state index is -0.108. The van der Waals surface area contributed by atoms with Gasteiger partial charge >= 0.3 is 0 Å². The minimum absolute atomic E-state index is 0.0525. The van der Waals surface area contributed by atoms with Crippen molar-refractivity contribution in [1.82, 2.24) is 9.78 Å². The zero-order chi connectivity index (χ0) is 11.6. The Labute approximate surface area is 97.9 Å². The second kappa shape index (κ2) is 4.31. The largest absolute Gasteiger partial charge is 0.268 e. The molecule has 0 spiro atoms. The van der Waals surface area contributed by atoms with Crippen LogP contribution in [0.1, 0.15) is 26.5 Å². The molecule has 0 bridgehead atoms. The van der Waals surface area contributed by atoms with E-state index in [0.717, 1.165) is 10.2 Å². The van der Waals surface area contributed by atoms with Gasteiger partial charge in [-0.2, -0.15) is 5.10 Å². The molecule has 15 heavy (non-hydrogen) atoms. The summed E-state index contributed by atoms with van der Waals surface area (Å²) in [5, 5.41) is 4.30. The highest BCUT2D eigenvalue weighted by molar-refractivity contribution is 9.11. The second-order valence-corrected chi connectivity index (χ2v) is 5.60. The van der Waals surface area contributed by atoms with Gasteiger partial charge < -0.3 is 0 Å². The Bertz CT molecular complexity index is 429. The molecule has 0 aliphatic carbocycles. The molecule has 0 saturated carbocycles. The molecule has 3 nitrogen and oxygen atoms in total. The predicted octanol–water partition coefficient (Wildman–Crippen LogP) is 2.45. The average molecular weight is 271 g/mol. The lowest BCUT2D eigenvalue weighted by Gasteiger charge is -2.18. The molecule has 1 heterocycles. The SMILES string of the molecule is C=C(Br)Cn1nc(C(C)(C)C)ccc1=O. The van der Waals surface area contributed by atoms with Crippen LogP contribution in [0.15, 0.2) is 28.0 Å². The van der Waals surface area contributed by atoms with Gasteiger partial charge in [0, 0.05) is 16.0 Å². The molecular formula is C11H15BrN2O. The second-order valence-electron chi connectivity index (χ2n) is 4.48. The van der Waals surface area contributed by atoms with Crippen molar-refractivity contribution in [3.63, 3.8) is 0 Å². The van der Waals surface area contributed by atoms with Gasteiger partial charge in [-0.3, -0.25) is 4.79 Å². The Kier molecular flexibility index (Phi) is 3.50. The highest BCUT2D eigenvalue weighted by atomic mass is 79.9. The Balaban J connectivity index is 3.17. The van der Waals surface area contributed by atoms with E-state index in [1.165, 1.54) is 4.68 Å². The fourth-order valence-corrected chi connectivity index (χ4v) is 1.36. The fourth-order valence-electron chi connectivity index (χ4n) is 1.12. The third-order valence-corrected chi connectivity index (χ3v) is 2.21. The van der Waals surface area contributed by atoms with Crippen molar-refractivity contribution >= 4 is 15.9 Å². The Morgan fingerprint density at radius 1 is 1.53 bits per heavy atom. The maximum absolute atomic E-state index is 11.5. The molecule has 82 valence electrons. The van der Waals surface area contributed by atoms with Gasteiger partial charge in [-0.1, -0.05) is 43.3 Å². The summed E-state index contributed by atoms with van der Waals surface area (Å²) in [5.74, 6) is 0. The van der Waals surface area contributed by atoms with E-state index in [1.54, 1.807) is 12.1 Å². The first-order valence-corrected chi connectivity index (χ1v) is 5.52. The number of allylic oxidation sites excluding steroid dienone is 1. The van der Waals surface area contributed by atoms with Crippen LogP contribution in [0.2, 0.25) is 0 Å². The van der Waals surface area contributed by atoms with Crippen molar-refractivity contribution < 1.29 is 0 Å². The number of hydrogen-bond acceptors (Lipinski definition) is 2. The highest BCUT2D eigenvalue weighted by Gasteiger charge is 2.16. The molecule has 4 heteroatoms.